The van der Waals surface area contributed by atoms with Gasteiger partial charge in [0, 0.05) is 19.4 Å². The van der Waals surface area contributed by atoms with E-state index in [9.17, 15) is 14.0 Å². The van der Waals surface area contributed by atoms with Crippen LogP contribution in [0.5, 0.6) is 0 Å². The number of para-hydroxylation sites is 1. The van der Waals surface area contributed by atoms with E-state index in [2.05, 4.69) is 0 Å². The second-order valence-electron chi connectivity index (χ2n) is 4.19. The van der Waals surface area contributed by atoms with Crippen LogP contribution in [0, 0.1) is 5.82 Å². The summed E-state index contributed by atoms with van der Waals surface area (Å²) in [6, 6.07) is 6.13. The number of amides is 1. The summed E-state index contributed by atoms with van der Waals surface area (Å²) in [5.41, 5.74) is 0.272. The number of rotatable bonds is 7. The second kappa shape index (κ2) is 7.51. The fourth-order valence-corrected chi connectivity index (χ4v) is 1.84. The Labute approximate surface area is 111 Å². The third-order valence-electron chi connectivity index (χ3n) is 2.79. The Bertz CT molecular complexity index is 448. The highest BCUT2D eigenvalue weighted by Crippen LogP contribution is 2.19. The molecule has 0 saturated heterocycles. The van der Waals surface area contributed by atoms with E-state index < -0.39 is 11.8 Å². The number of hydrogen-bond acceptors (Lipinski definition) is 2. The van der Waals surface area contributed by atoms with E-state index in [-0.39, 0.29) is 24.4 Å². The molecule has 0 aliphatic rings. The molecule has 0 radical (unpaired) electrons. The van der Waals surface area contributed by atoms with Crippen LogP contribution in [0.1, 0.15) is 32.6 Å². The molecule has 0 bridgehead atoms. The molecular weight excluding hydrogens is 249 g/mol. The molecule has 5 heteroatoms. The third-order valence-corrected chi connectivity index (χ3v) is 2.79. The Morgan fingerprint density at radius 3 is 2.42 bits per heavy atom. The van der Waals surface area contributed by atoms with Gasteiger partial charge in [0.25, 0.3) is 0 Å². The molecule has 1 aromatic carbocycles. The smallest absolute Gasteiger partial charge is 0.303 e. The highest BCUT2D eigenvalue weighted by atomic mass is 19.1. The van der Waals surface area contributed by atoms with Crippen molar-refractivity contribution in [1.29, 1.82) is 0 Å². The van der Waals surface area contributed by atoms with Gasteiger partial charge in [-0.05, 0) is 31.9 Å². The first-order valence-corrected chi connectivity index (χ1v) is 6.33. The Balaban J connectivity index is 2.58. The zero-order chi connectivity index (χ0) is 14.3. The maximum atomic E-state index is 13.6. The topological polar surface area (TPSA) is 57.6 Å². The molecule has 19 heavy (non-hydrogen) atoms. The highest BCUT2D eigenvalue weighted by Gasteiger charge is 2.16. The van der Waals surface area contributed by atoms with Crippen LogP contribution >= 0.6 is 0 Å². The lowest BCUT2D eigenvalue weighted by Crippen LogP contribution is -2.31. The molecule has 0 atom stereocenters. The maximum absolute atomic E-state index is 13.6. The minimum absolute atomic E-state index is 0.0547. The lowest BCUT2D eigenvalue weighted by molar-refractivity contribution is -0.137. The molecule has 104 valence electrons. The first kappa shape index (κ1) is 15.1. The van der Waals surface area contributed by atoms with E-state index in [1.54, 1.807) is 25.1 Å². The Kier molecular flexibility index (Phi) is 5.99. The van der Waals surface area contributed by atoms with Crippen molar-refractivity contribution >= 4 is 17.6 Å². The third kappa shape index (κ3) is 4.69. The molecule has 0 aromatic heterocycles. The van der Waals surface area contributed by atoms with E-state index in [4.69, 9.17) is 5.11 Å². The number of carbonyl (C=O) groups is 2. The van der Waals surface area contributed by atoms with Crippen LogP contribution in [-0.2, 0) is 9.59 Å². The summed E-state index contributed by atoms with van der Waals surface area (Å²) in [4.78, 5) is 23.7. The van der Waals surface area contributed by atoms with Gasteiger partial charge < -0.3 is 10.0 Å². The van der Waals surface area contributed by atoms with Gasteiger partial charge in [0.15, 0.2) is 0 Å². The van der Waals surface area contributed by atoms with Gasteiger partial charge in [-0.3, -0.25) is 9.59 Å². The van der Waals surface area contributed by atoms with Crippen molar-refractivity contribution in [2.24, 2.45) is 0 Å². The molecule has 0 saturated carbocycles. The number of hydrogen-bond donors (Lipinski definition) is 1. The van der Waals surface area contributed by atoms with E-state index >= 15 is 0 Å². The number of unbranched alkanes of at least 4 members (excludes halogenated alkanes) is 1. The number of aliphatic carboxylic acids is 1. The number of anilines is 1. The van der Waals surface area contributed by atoms with E-state index in [1.165, 1.54) is 11.0 Å². The number of halogens is 1. The van der Waals surface area contributed by atoms with Crippen molar-refractivity contribution in [3.8, 4) is 0 Å². The molecule has 1 N–H and O–H groups in total. The lowest BCUT2D eigenvalue weighted by Gasteiger charge is -2.21. The Morgan fingerprint density at radius 2 is 1.84 bits per heavy atom. The van der Waals surface area contributed by atoms with Gasteiger partial charge in [0.2, 0.25) is 5.91 Å². The normalized spacial score (nSPS) is 10.2. The molecule has 0 fully saturated rings. The zero-order valence-electron chi connectivity index (χ0n) is 10.9. The van der Waals surface area contributed by atoms with E-state index in [0.29, 0.717) is 19.4 Å². The largest absolute Gasteiger partial charge is 0.481 e. The van der Waals surface area contributed by atoms with Crippen LogP contribution in [0.15, 0.2) is 24.3 Å². The molecule has 0 spiro atoms. The first-order chi connectivity index (χ1) is 9.06. The van der Waals surface area contributed by atoms with Gasteiger partial charge in [0.05, 0.1) is 5.69 Å². The van der Waals surface area contributed by atoms with Gasteiger partial charge in [-0.2, -0.15) is 0 Å². The molecule has 1 amide bonds. The van der Waals surface area contributed by atoms with Crippen LogP contribution in [0.2, 0.25) is 0 Å². The fraction of sp³-hybridized carbons (Fsp3) is 0.429. The molecule has 0 aliphatic heterocycles. The summed E-state index contributed by atoms with van der Waals surface area (Å²) in [7, 11) is 0. The molecule has 0 heterocycles. The molecular formula is C14H18FNO3. The number of carbonyl (C=O) groups excluding carboxylic acids is 1. The standard InChI is InChI=1S/C14H18FNO3/c1-2-16(12-8-4-3-7-11(12)15)13(17)9-5-6-10-14(18)19/h3-4,7-8H,2,5-6,9-10H2,1H3,(H,18,19). The number of carboxylic acid groups (broad SMARTS) is 1. The predicted molar refractivity (Wildman–Crippen MR) is 70.5 cm³/mol. The van der Waals surface area contributed by atoms with Gasteiger partial charge in [0.1, 0.15) is 5.82 Å². The van der Waals surface area contributed by atoms with Crippen molar-refractivity contribution in [2.45, 2.75) is 32.6 Å². The van der Waals surface area contributed by atoms with Crippen LogP contribution in [-0.4, -0.2) is 23.5 Å². The molecule has 1 aromatic rings. The van der Waals surface area contributed by atoms with Crippen molar-refractivity contribution in [3.63, 3.8) is 0 Å². The minimum atomic E-state index is -0.867. The van der Waals surface area contributed by atoms with Gasteiger partial charge in [-0.15, -0.1) is 0 Å². The SMILES string of the molecule is CCN(C(=O)CCCCC(=O)O)c1ccccc1F. The monoisotopic (exact) mass is 267 g/mol. The van der Waals surface area contributed by atoms with Crippen LogP contribution in [0.4, 0.5) is 10.1 Å². The summed E-state index contributed by atoms with van der Waals surface area (Å²) in [6.07, 6.45) is 1.24. The summed E-state index contributed by atoms with van der Waals surface area (Å²) >= 11 is 0. The maximum Gasteiger partial charge on any atom is 0.303 e. The molecule has 0 aliphatic carbocycles. The van der Waals surface area contributed by atoms with Crippen molar-refractivity contribution < 1.29 is 19.1 Å². The first-order valence-electron chi connectivity index (χ1n) is 6.33. The van der Waals surface area contributed by atoms with Crippen molar-refractivity contribution in [2.75, 3.05) is 11.4 Å². The van der Waals surface area contributed by atoms with Gasteiger partial charge in [-0.25, -0.2) is 4.39 Å². The quantitative estimate of drug-likeness (QED) is 0.773. The zero-order valence-corrected chi connectivity index (χ0v) is 10.9. The number of nitrogens with zero attached hydrogens (tertiary/aromatic N) is 1. The van der Waals surface area contributed by atoms with Crippen molar-refractivity contribution in [1.82, 2.24) is 0 Å². The van der Waals surface area contributed by atoms with Crippen LogP contribution in [0.25, 0.3) is 0 Å². The van der Waals surface area contributed by atoms with Crippen LogP contribution in [0.3, 0.4) is 0 Å². The average Bonchev–Trinajstić information content (AvgIpc) is 2.37. The highest BCUT2D eigenvalue weighted by molar-refractivity contribution is 5.93. The fourth-order valence-electron chi connectivity index (χ4n) is 1.84. The number of carboxylic acids is 1. The van der Waals surface area contributed by atoms with E-state index in [1.807, 2.05) is 0 Å². The molecule has 4 nitrogen and oxygen atoms in total. The summed E-state index contributed by atoms with van der Waals surface area (Å²) < 4.78 is 13.6. The molecule has 1 rings (SSSR count). The summed E-state index contributed by atoms with van der Waals surface area (Å²) in [5, 5.41) is 8.50. The van der Waals surface area contributed by atoms with Crippen LogP contribution < -0.4 is 4.90 Å². The lowest BCUT2D eigenvalue weighted by atomic mass is 10.1. The molecule has 0 unspecified atom stereocenters. The number of benzene rings is 1. The Hall–Kier alpha value is -1.91. The van der Waals surface area contributed by atoms with Gasteiger partial charge in [-0.1, -0.05) is 12.1 Å². The summed E-state index contributed by atoms with van der Waals surface area (Å²) in [5.74, 6) is -1.48. The second-order valence-corrected chi connectivity index (χ2v) is 4.19. The summed E-state index contributed by atoms with van der Waals surface area (Å²) in [6.45, 7) is 2.17. The Morgan fingerprint density at radius 1 is 1.21 bits per heavy atom. The predicted octanol–water partition coefficient (Wildman–Crippen LogP) is 2.82. The van der Waals surface area contributed by atoms with Gasteiger partial charge >= 0.3 is 5.97 Å². The van der Waals surface area contributed by atoms with Crippen molar-refractivity contribution in [3.05, 3.63) is 30.1 Å². The average molecular weight is 267 g/mol. The van der Waals surface area contributed by atoms with E-state index in [0.717, 1.165) is 0 Å². The minimum Gasteiger partial charge on any atom is -0.481 e.